The van der Waals surface area contributed by atoms with Crippen molar-refractivity contribution in [2.24, 2.45) is 0 Å². The van der Waals surface area contributed by atoms with E-state index in [9.17, 15) is 4.79 Å². The van der Waals surface area contributed by atoms with Crippen LogP contribution in [0.5, 0.6) is 11.5 Å². The number of amides is 1. The van der Waals surface area contributed by atoms with E-state index >= 15 is 0 Å². The second-order valence-electron chi connectivity index (χ2n) is 6.88. The number of nitrogens with zero attached hydrogens (tertiary/aromatic N) is 3. The van der Waals surface area contributed by atoms with Gasteiger partial charge in [0.25, 0.3) is 5.91 Å². The molecular formula is C20H24N4O3. The van der Waals surface area contributed by atoms with Gasteiger partial charge in [-0.3, -0.25) is 4.79 Å². The minimum atomic E-state index is -0.0296. The summed E-state index contributed by atoms with van der Waals surface area (Å²) in [6, 6.07) is 7.48. The van der Waals surface area contributed by atoms with Crippen molar-refractivity contribution in [3.63, 3.8) is 0 Å². The maximum Gasteiger partial charge on any atom is 0.260 e. The second kappa shape index (κ2) is 7.92. The summed E-state index contributed by atoms with van der Waals surface area (Å²) >= 11 is 0. The number of nitrogens with one attached hydrogen (secondary N) is 1. The minimum Gasteiger partial charge on any atom is -0.497 e. The molecule has 27 heavy (non-hydrogen) atoms. The Kier molecular flexibility index (Phi) is 5.20. The Bertz CT molecular complexity index is 803. The van der Waals surface area contributed by atoms with Crippen molar-refractivity contribution in [3.8, 4) is 11.5 Å². The lowest BCUT2D eigenvalue weighted by atomic mass is 10.1. The third kappa shape index (κ3) is 4.03. The van der Waals surface area contributed by atoms with Gasteiger partial charge in [0, 0.05) is 31.3 Å². The fourth-order valence-electron chi connectivity index (χ4n) is 3.53. The van der Waals surface area contributed by atoms with Crippen LogP contribution in [0.4, 0.5) is 0 Å². The summed E-state index contributed by atoms with van der Waals surface area (Å²) in [5.74, 6) is 2.26. The van der Waals surface area contributed by atoms with Crippen molar-refractivity contribution >= 4 is 5.91 Å². The molecule has 0 radical (unpaired) electrons. The van der Waals surface area contributed by atoms with Crippen LogP contribution < -0.4 is 14.8 Å². The van der Waals surface area contributed by atoms with Crippen LogP contribution >= 0.6 is 0 Å². The number of benzene rings is 1. The van der Waals surface area contributed by atoms with E-state index in [2.05, 4.69) is 10.3 Å². The Morgan fingerprint density at radius 3 is 2.85 bits per heavy atom. The van der Waals surface area contributed by atoms with E-state index in [0.29, 0.717) is 18.8 Å². The fraction of sp³-hybridized carbons (Fsp3) is 0.450. The van der Waals surface area contributed by atoms with Crippen molar-refractivity contribution in [3.05, 3.63) is 47.5 Å². The lowest BCUT2D eigenvalue weighted by Gasteiger charge is -2.28. The number of hydrogen-bond donors (Lipinski definition) is 1. The summed E-state index contributed by atoms with van der Waals surface area (Å²) in [6.07, 6.45) is 4.89. The maximum atomic E-state index is 12.5. The van der Waals surface area contributed by atoms with Crippen LogP contribution in [0.1, 0.15) is 36.0 Å². The van der Waals surface area contributed by atoms with Crippen LogP contribution in [0.2, 0.25) is 0 Å². The number of ether oxygens (including phenoxy) is 2. The predicted molar refractivity (Wildman–Crippen MR) is 99.6 cm³/mol. The number of carbonyl (C=O) groups is 1. The number of rotatable bonds is 5. The Labute approximate surface area is 158 Å². The molecule has 0 aliphatic carbocycles. The summed E-state index contributed by atoms with van der Waals surface area (Å²) in [4.78, 5) is 23.6. The Hall–Kier alpha value is -2.67. The van der Waals surface area contributed by atoms with Crippen LogP contribution in [0.25, 0.3) is 0 Å². The first-order valence-electron chi connectivity index (χ1n) is 9.35. The second-order valence-corrected chi connectivity index (χ2v) is 6.88. The summed E-state index contributed by atoms with van der Waals surface area (Å²) < 4.78 is 10.7. The molecule has 1 aromatic carbocycles. The number of methoxy groups -OCH3 is 1. The largest absolute Gasteiger partial charge is 0.497 e. The van der Waals surface area contributed by atoms with E-state index < -0.39 is 0 Å². The number of fused-ring (bicyclic) bond motifs is 1. The molecule has 1 aromatic heterocycles. The minimum absolute atomic E-state index is 0.0204. The van der Waals surface area contributed by atoms with E-state index in [0.717, 1.165) is 42.2 Å². The topological polar surface area (TPSA) is 76.6 Å². The van der Waals surface area contributed by atoms with Crippen LogP contribution in [0.3, 0.4) is 0 Å². The molecule has 1 fully saturated rings. The average molecular weight is 368 g/mol. The summed E-state index contributed by atoms with van der Waals surface area (Å²) in [5.41, 5.74) is 2.09. The molecule has 7 heteroatoms. The Morgan fingerprint density at radius 1 is 1.30 bits per heavy atom. The molecule has 1 atom stereocenters. The van der Waals surface area contributed by atoms with Crippen LogP contribution in [0.15, 0.2) is 30.5 Å². The molecule has 2 aromatic rings. The van der Waals surface area contributed by atoms with Crippen molar-refractivity contribution in [1.29, 1.82) is 0 Å². The smallest absolute Gasteiger partial charge is 0.260 e. The Balaban J connectivity index is 1.34. The van der Waals surface area contributed by atoms with E-state index in [1.807, 2.05) is 23.2 Å². The molecule has 1 N–H and O–H groups in total. The first-order chi connectivity index (χ1) is 13.2. The molecule has 0 bridgehead atoms. The lowest BCUT2D eigenvalue weighted by Crippen LogP contribution is -2.39. The van der Waals surface area contributed by atoms with Crippen molar-refractivity contribution < 1.29 is 14.3 Å². The van der Waals surface area contributed by atoms with Gasteiger partial charge in [0.15, 0.2) is 6.61 Å². The average Bonchev–Trinajstić information content (AvgIpc) is 3.26. The molecule has 1 unspecified atom stereocenters. The zero-order chi connectivity index (χ0) is 18.6. The molecule has 3 heterocycles. The highest BCUT2D eigenvalue weighted by Gasteiger charge is 2.25. The predicted octanol–water partition coefficient (Wildman–Crippen LogP) is 1.87. The molecular weight excluding hydrogens is 344 g/mol. The molecule has 1 saturated heterocycles. The van der Waals surface area contributed by atoms with Crippen LogP contribution in [-0.2, 0) is 17.8 Å². The highest BCUT2D eigenvalue weighted by Crippen LogP contribution is 2.23. The molecule has 142 valence electrons. The van der Waals surface area contributed by atoms with Crippen molar-refractivity contribution in [1.82, 2.24) is 20.2 Å². The number of carbonyl (C=O) groups excluding carboxylic acids is 1. The molecule has 0 spiro atoms. The van der Waals surface area contributed by atoms with Crippen molar-refractivity contribution in [2.75, 3.05) is 26.8 Å². The van der Waals surface area contributed by atoms with Gasteiger partial charge in [0.05, 0.1) is 18.8 Å². The zero-order valence-electron chi connectivity index (χ0n) is 15.5. The first-order valence-corrected chi connectivity index (χ1v) is 9.35. The van der Waals surface area contributed by atoms with Gasteiger partial charge >= 0.3 is 0 Å². The van der Waals surface area contributed by atoms with Gasteiger partial charge in [0.2, 0.25) is 0 Å². The van der Waals surface area contributed by atoms with Gasteiger partial charge in [-0.05, 0) is 43.7 Å². The lowest BCUT2D eigenvalue weighted by molar-refractivity contribution is -0.134. The Morgan fingerprint density at radius 2 is 2.11 bits per heavy atom. The van der Waals surface area contributed by atoms with Gasteiger partial charge in [-0.25, -0.2) is 9.97 Å². The normalized spacial score (nSPS) is 18.9. The van der Waals surface area contributed by atoms with E-state index in [1.165, 1.54) is 6.42 Å². The summed E-state index contributed by atoms with van der Waals surface area (Å²) in [6.45, 7) is 2.25. The quantitative estimate of drug-likeness (QED) is 0.868. The monoisotopic (exact) mass is 368 g/mol. The van der Waals surface area contributed by atoms with Crippen LogP contribution in [0, 0.1) is 0 Å². The van der Waals surface area contributed by atoms with Gasteiger partial charge in [-0.15, -0.1) is 0 Å². The van der Waals surface area contributed by atoms with E-state index in [-0.39, 0.29) is 18.6 Å². The number of hydrogen-bond acceptors (Lipinski definition) is 6. The van der Waals surface area contributed by atoms with E-state index in [1.54, 1.807) is 19.2 Å². The van der Waals surface area contributed by atoms with Gasteiger partial charge in [-0.1, -0.05) is 0 Å². The van der Waals surface area contributed by atoms with Gasteiger partial charge in [-0.2, -0.15) is 0 Å². The first kappa shape index (κ1) is 17.7. The molecule has 7 nitrogen and oxygen atoms in total. The maximum absolute atomic E-state index is 12.5. The van der Waals surface area contributed by atoms with Crippen molar-refractivity contribution in [2.45, 2.75) is 31.8 Å². The molecule has 4 rings (SSSR count). The molecule has 2 aliphatic rings. The standard InChI is InChI=1S/C20H24N4O3/c1-26-15-4-6-16(7-5-15)27-13-19(25)24-10-8-17-14(12-24)11-22-20(23-17)18-3-2-9-21-18/h4-7,11,18,21H,2-3,8-10,12-13H2,1H3. The molecule has 2 aliphatic heterocycles. The van der Waals surface area contributed by atoms with Crippen LogP contribution in [-0.4, -0.2) is 47.6 Å². The third-order valence-electron chi connectivity index (χ3n) is 5.10. The highest BCUT2D eigenvalue weighted by atomic mass is 16.5. The highest BCUT2D eigenvalue weighted by molar-refractivity contribution is 5.78. The third-order valence-corrected chi connectivity index (χ3v) is 5.10. The SMILES string of the molecule is COc1ccc(OCC(=O)N2CCc3nc(C4CCCN4)ncc3C2)cc1. The summed E-state index contributed by atoms with van der Waals surface area (Å²) in [7, 11) is 1.62. The molecule has 1 amide bonds. The van der Waals surface area contributed by atoms with Gasteiger partial charge < -0.3 is 19.7 Å². The number of aromatic nitrogens is 2. The van der Waals surface area contributed by atoms with E-state index in [4.69, 9.17) is 14.5 Å². The molecule has 0 saturated carbocycles. The fourth-order valence-corrected chi connectivity index (χ4v) is 3.53. The summed E-state index contributed by atoms with van der Waals surface area (Å²) in [5, 5.41) is 3.43. The van der Waals surface area contributed by atoms with Gasteiger partial charge in [0.1, 0.15) is 17.3 Å². The zero-order valence-corrected chi connectivity index (χ0v) is 15.5.